The first kappa shape index (κ1) is 12.8. The molecule has 0 aliphatic rings. The highest BCUT2D eigenvalue weighted by molar-refractivity contribution is 5.03. The number of nitrogens with one attached hydrogen (secondary N) is 1. The molecule has 0 radical (unpaired) electrons. The Balaban J connectivity index is 2.01. The van der Waals surface area contributed by atoms with E-state index in [0.717, 1.165) is 30.9 Å². The Hall–Kier alpha value is -1.62. The molecule has 98 valence electrons. The minimum absolute atomic E-state index is 0.455. The molecule has 2 aromatic heterocycles. The van der Waals surface area contributed by atoms with E-state index in [9.17, 15) is 0 Å². The van der Waals surface area contributed by atoms with Crippen molar-refractivity contribution in [2.45, 2.75) is 39.4 Å². The summed E-state index contributed by atoms with van der Waals surface area (Å²) in [7, 11) is 1.92. The molecule has 0 aliphatic carbocycles. The topological polar surface area (TPSA) is 47.7 Å². The smallest absolute Gasteiger partial charge is 0.0849 e. The Bertz CT molecular complexity index is 485. The molecule has 0 amide bonds. The van der Waals surface area contributed by atoms with Crippen molar-refractivity contribution >= 4 is 0 Å². The van der Waals surface area contributed by atoms with Crippen LogP contribution in [0.5, 0.6) is 0 Å². The van der Waals surface area contributed by atoms with Crippen LogP contribution in [0.25, 0.3) is 0 Å². The van der Waals surface area contributed by atoms with Gasteiger partial charge in [-0.15, -0.1) is 0 Å². The molecule has 0 saturated heterocycles. The highest BCUT2D eigenvalue weighted by Gasteiger charge is 2.05. The van der Waals surface area contributed by atoms with E-state index < -0.39 is 0 Å². The molecule has 2 heterocycles. The summed E-state index contributed by atoms with van der Waals surface area (Å²) in [5.41, 5.74) is 2.10. The van der Waals surface area contributed by atoms with Gasteiger partial charge in [0, 0.05) is 25.0 Å². The first-order chi connectivity index (χ1) is 8.72. The van der Waals surface area contributed by atoms with Crippen LogP contribution in [-0.2, 0) is 13.1 Å². The molecule has 1 atom stereocenters. The molecular weight excluding hydrogens is 226 g/mol. The summed E-state index contributed by atoms with van der Waals surface area (Å²) in [5.74, 6) is 0. The van der Waals surface area contributed by atoms with Crippen LogP contribution in [0, 0.1) is 0 Å². The largest absolute Gasteiger partial charge is 0.314 e. The second-order valence-corrected chi connectivity index (χ2v) is 4.58. The average Bonchev–Trinajstić information content (AvgIpc) is 2.99. The lowest BCUT2D eigenvalue weighted by atomic mass is 10.3. The van der Waals surface area contributed by atoms with E-state index in [1.165, 1.54) is 0 Å². The van der Waals surface area contributed by atoms with E-state index in [4.69, 9.17) is 0 Å². The van der Waals surface area contributed by atoms with E-state index in [-0.39, 0.29) is 0 Å². The first-order valence-corrected chi connectivity index (χ1v) is 6.44. The van der Waals surface area contributed by atoms with Crippen molar-refractivity contribution < 1.29 is 0 Å². The molecule has 5 nitrogen and oxygen atoms in total. The van der Waals surface area contributed by atoms with Crippen molar-refractivity contribution in [3.63, 3.8) is 0 Å². The van der Waals surface area contributed by atoms with Crippen LogP contribution in [0.2, 0.25) is 0 Å². The summed E-state index contributed by atoms with van der Waals surface area (Å²) in [5, 5.41) is 12.1. The van der Waals surface area contributed by atoms with Crippen molar-refractivity contribution in [3.8, 4) is 0 Å². The maximum atomic E-state index is 4.57. The maximum Gasteiger partial charge on any atom is 0.0849 e. The highest BCUT2D eigenvalue weighted by Crippen LogP contribution is 2.10. The Morgan fingerprint density at radius 3 is 2.72 bits per heavy atom. The predicted octanol–water partition coefficient (Wildman–Crippen LogP) is 1.82. The summed E-state index contributed by atoms with van der Waals surface area (Å²) in [6.07, 6.45) is 5.13. The number of aromatic nitrogens is 4. The van der Waals surface area contributed by atoms with E-state index in [2.05, 4.69) is 35.4 Å². The Kier molecular flexibility index (Phi) is 4.15. The minimum atomic E-state index is 0.455. The number of hydrogen-bond donors (Lipinski definition) is 1. The van der Waals surface area contributed by atoms with Crippen molar-refractivity contribution in [3.05, 3.63) is 35.9 Å². The zero-order chi connectivity index (χ0) is 13.0. The fourth-order valence-electron chi connectivity index (χ4n) is 1.83. The first-order valence-electron chi connectivity index (χ1n) is 6.44. The van der Waals surface area contributed by atoms with Gasteiger partial charge < -0.3 is 5.32 Å². The summed E-state index contributed by atoms with van der Waals surface area (Å²) < 4.78 is 3.95. The van der Waals surface area contributed by atoms with Gasteiger partial charge in [-0.3, -0.25) is 9.36 Å². The Morgan fingerprint density at radius 2 is 2.00 bits per heavy atom. The van der Waals surface area contributed by atoms with Crippen LogP contribution in [-0.4, -0.2) is 26.6 Å². The molecule has 18 heavy (non-hydrogen) atoms. The lowest BCUT2D eigenvalue weighted by molar-refractivity contribution is 0.470. The molecule has 0 aromatic carbocycles. The minimum Gasteiger partial charge on any atom is -0.314 e. The number of rotatable bonds is 6. The van der Waals surface area contributed by atoms with Gasteiger partial charge in [-0.05, 0) is 32.5 Å². The third-order valence-corrected chi connectivity index (χ3v) is 3.08. The molecule has 0 bridgehead atoms. The zero-order valence-corrected chi connectivity index (χ0v) is 11.3. The van der Waals surface area contributed by atoms with E-state index in [1.54, 1.807) is 0 Å². The SMILES string of the molecule is CCC(C)n1ccc(Cn2ccc(CNC)n2)n1. The summed E-state index contributed by atoms with van der Waals surface area (Å²) in [4.78, 5) is 0. The fourth-order valence-corrected chi connectivity index (χ4v) is 1.83. The zero-order valence-electron chi connectivity index (χ0n) is 11.3. The van der Waals surface area contributed by atoms with Crippen molar-refractivity contribution in [1.82, 2.24) is 24.9 Å². The second-order valence-electron chi connectivity index (χ2n) is 4.58. The molecule has 5 heteroatoms. The lowest BCUT2D eigenvalue weighted by Crippen LogP contribution is -2.08. The van der Waals surface area contributed by atoms with E-state index >= 15 is 0 Å². The van der Waals surface area contributed by atoms with Gasteiger partial charge in [0.15, 0.2) is 0 Å². The number of hydrogen-bond acceptors (Lipinski definition) is 3. The lowest BCUT2D eigenvalue weighted by Gasteiger charge is -2.08. The van der Waals surface area contributed by atoms with Crippen LogP contribution in [0.1, 0.15) is 37.7 Å². The van der Waals surface area contributed by atoms with Gasteiger partial charge >= 0.3 is 0 Å². The van der Waals surface area contributed by atoms with Gasteiger partial charge in [0.05, 0.1) is 17.9 Å². The molecule has 0 saturated carbocycles. The number of nitrogens with zero attached hydrogens (tertiary/aromatic N) is 4. The standard InChI is InChI=1S/C13H21N5/c1-4-11(2)18-8-6-13(16-18)10-17-7-5-12(15-17)9-14-3/h5-8,11,14H,4,9-10H2,1-3H3. The van der Waals surface area contributed by atoms with Gasteiger partial charge in [0.25, 0.3) is 0 Å². The monoisotopic (exact) mass is 247 g/mol. The van der Waals surface area contributed by atoms with Crippen LogP contribution in [0.3, 0.4) is 0 Å². The van der Waals surface area contributed by atoms with Gasteiger partial charge in [-0.1, -0.05) is 6.92 Å². The van der Waals surface area contributed by atoms with E-state index in [1.807, 2.05) is 34.9 Å². The summed E-state index contributed by atoms with van der Waals surface area (Å²) in [6, 6.07) is 4.55. The second kappa shape index (κ2) is 5.82. The molecule has 0 fully saturated rings. The van der Waals surface area contributed by atoms with Crippen molar-refractivity contribution in [1.29, 1.82) is 0 Å². The van der Waals surface area contributed by atoms with Gasteiger partial charge in [0.1, 0.15) is 0 Å². The fraction of sp³-hybridized carbons (Fsp3) is 0.538. The van der Waals surface area contributed by atoms with Crippen LogP contribution < -0.4 is 5.32 Å². The van der Waals surface area contributed by atoms with Crippen LogP contribution >= 0.6 is 0 Å². The van der Waals surface area contributed by atoms with Crippen LogP contribution in [0.4, 0.5) is 0 Å². The van der Waals surface area contributed by atoms with Crippen molar-refractivity contribution in [2.75, 3.05) is 7.05 Å². The average molecular weight is 247 g/mol. The van der Waals surface area contributed by atoms with Gasteiger partial charge in [-0.2, -0.15) is 10.2 Å². The predicted molar refractivity (Wildman–Crippen MR) is 71.3 cm³/mol. The molecule has 0 aliphatic heterocycles. The summed E-state index contributed by atoms with van der Waals surface area (Å²) >= 11 is 0. The molecule has 1 unspecified atom stereocenters. The normalized spacial score (nSPS) is 12.8. The maximum absolute atomic E-state index is 4.57. The van der Waals surface area contributed by atoms with Gasteiger partial charge in [-0.25, -0.2) is 0 Å². The molecular formula is C13H21N5. The molecule has 1 N–H and O–H groups in total. The Morgan fingerprint density at radius 1 is 1.22 bits per heavy atom. The van der Waals surface area contributed by atoms with E-state index in [0.29, 0.717) is 6.04 Å². The highest BCUT2D eigenvalue weighted by atomic mass is 15.3. The van der Waals surface area contributed by atoms with Crippen molar-refractivity contribution in [2.24, 2.45) is 0 Å². The van der Waals surface area contributed by atoms with Gasteiger partial charge in [0.2, 0.25) is 0 Å². The molecule has 2 aromatic rings. The molecule has 0 spiro atoms. The third-order valence-electron chi connectivity index (χ3n) is 3.08. The summed E-state index contributed by atoms with van der Waals surface area (Å²) in [6.45, 7) is 5.88. The van der Waals surface area contributed by atoms with Crippen LogP contribution in [0.15, 0.2) is 24.5 Å². The molecule has 2 rings (SSSR count). The Labute approximate surface area is 108 Å². The quantitative estimate of drug-likeness (QED) is 0.847. The third kappa shape index (κ3) is 2.98.